The Hall–Kier alpha value is -1.52. The number of urea groups is 1. The van der Waals surface area contributed by atoms with Crippen molar-refractivity contribution in [3.8, 4) is 0 Å². The van der Waals surface area contributed by atoms with E-state index in [0.29, 0.717) is 12.5 Å². The van der Waals surface area contributed by atoms with Crippen molar-refractivity contribution in [2.75, 3.05) is 13.1 Å². The molecule has 108 valence electrons. The lowest BCUT2D eigenvalue weighted by atomic mass is 10.2. The lowest BCUT2D eigenvalue weighted by Crippen LogP contribution is -2.39. The van der Waals surface area contributed by atoms with Crippen LogP contribution >= 0.6 is 0 Å². The lowest BCUT2D eigenvalue weighted by molar-refractivity contribution is 0.238. The van der Waals surface area contributed by atoms with Gasteiger partial charge in [0.25, 0.3) is 0 Å². The second-order valence-electron chi connectivity index (χ2n) is 5.20. The van der Waals surface area contributed by atoms with Crippen LogP contribution in [0, 0.1) is 19.8 Å². The Bertz CT molecular complexity index is 400. The van der Waals surface area contributed by atoms with E-state index < -0.39 is 0 Å². The van der Waals surface area contributed by atoms with Gasteiger partial charge in [0.1, 0.15) is 0 Å². The number of aromatic nitrogens is 2. The van der Waals surface area contributed by atoms with Crippen LogP contribution in [0.25, 0.3) is 0 Å². The van der Waals surface area contributed by atoms with E-state index in [1.807, 2.05) is 11.6 Å². The number of hydrogen-bond donors (Lipinski definition) is 2. The van der Waals surface area contributed by atoms with Gasteiger partial charge in [0.15, 0.2) is 0 Å². The zero-order chi connectivity index (χ0) is 14.3. The van der Waals surface area contributed by atoms with Crippen molar-refractivity contribution >= 4 is 6.03 Å². The summed E-state index contributed by atoms with van der Waals surface area (Å²) in [6.07, 6.45) is 2.11. The molecule has 0 aliphatic heterocycles. The van der Waals surface area contributed by atoms with Gasteiger partial charge in [-0.15, -0.1) is 0 Å². The molecule has 1 heterocycles. The van der Waals surface area contributed by atoms with Crippen LogP contribution in [0.3, 0.4) is 0 Å². The Labute approximate surface area is 115 Å². The third-order valence-corrected chi connectivity index (χ3v) is 3.01. The van der Waals surface area contributed by atoms with E-state index in [9.17, 15) is 4.79 Å². The largest absolute Gasteiger partial charge is 0.338 e. The standard InChI is InChI=1S/C14H26N4O/c1-5-6-7-15-14(19)16-9-11(2)10-18-13(4)8-12(3)17-18/h8,11H,5-7,9-10H2,1-4H3,(H2,15,16,19). The van der Waals surface area contributed by atoms with Crippen LogP contribution in [0.2, 0.25) is 0 Å². The molecule has 0 spiro atoms. The maximum absolute atomic E-state index is 11.5. The van der Waals surface area contributed by atoms with Crippen molar-refractivity contribution in [3.63, 3.8) is 0 Å². The summed E-state index contributed by atoms with van der Waals surface area (Å²) in [5.74, 6) is 0.356. The molecular weight excluding hydrogens is 240 g/mol. The summed E-state index contributed by atoms with van der Waals surface area (Å²) >= 11 is 0. The van der Waals surface area contributed by atoms with Gasteiger partial charge < -0.3 is 10.6 Å². The first-order valence-electron chi connectivity index (χ1n) is 7.05. The predicted molar refractivity (Wildman–Crippen MR) is 77.2 cm³/mol. The maximum Gasteiger partial charge on any atom is 0.314 e. The molecule has 5 nitrogen and oxygen atoms in total. The second-order valence-corrected chi connectivity index (χ2v) is 5.20. The van der Waals surface area contributed by atoms with Crippen molar-refractivity contribution in [1.82, 2.24) is 20.4 Å². The molecular formula is C14H26N4O. The van der Waals surface area contributed by atoms with Crippen molar-refractivity contribution in [1.29, 1.82) is 0 Å². The summed E-state index contributed by atoms with van der Waals surface area (Å²) in [7, 11) is 0. The van der Waals surface area contributed by atoms with Crippen molar-refractivity contribution < 1.29 is 4.79 Å². The first-order valence-corrected chi connectivity index (χ1v) is 7.05. The highest BCUT2D eigenvalue weighted by molar-refractivity contribution is 5.73. The van der Waals surface area contributed by atoms with E-state index in [0.717, 1.165) is 37.3 Å². The van der Waals surface area contributed by atoms with E-state index in [4.69, 9.17) is 0 Å². The van der Waals surface area contributed by atoms with Crippen LogP contribution in [-0.2, 0) is 6.54 Å². The first kappa shape index (κ1) is 15.5. The van der Waals surface area contributed by atoms with Crippen molar-refractivity contribution in [2.24, 2.45) is 5.92 Å². The highest BCUT2D eigenvalue weighted by atomic mass is 16.2. The molecule has 0 aromatic carbocycles. The lowest BCUT2D eigenvalue weighted by Gasteiger charge is -2.14. The predicted octanol–water partition coefficient (Wildman–Crippen LogP) is 2.24. The molecule has 0 fully saturated rings. The fourth-order valence-corrected chi connectivity index (χ4v) is 1.93. The van der Waals surface area contributed by atoms with Crippen LogP contribution < -0.4 is 10.6 Å². The van der Waals surface area contributed by atoms with E-state index >= 15 is 0 Å². The molecule has 0 saturated carbocycles. The second kappa shape index (κ2) is 7.81. The molecule has 1 rings (SSSR count). The van der Waals surface area contributed by atoms with E-state index in [1.54, 1.807) is 0 Å². The number of carbonyl (C=O) groups is 1. The highest BCUT2D eigenvalue weighted by Gasteiger charge is 2.08. The average Bonchev–Trinajstić information content (AvgIpc) is 2.65. The zero-order valence-electron chi connectivity index (χ0n) is 12.5. The molecule has 0 aliphatic rings. The quantitative estimate of drug-likeness (QED) is 0.744. The van der Waals surface area contributed by atoms with Crippen LogP contribution in [0.1, 0.15) is 38.1 Å². The van der Waals surface area contributed by atoms with E-state index in [1.165, 1.54) is 0 Å². The minimum absolute atomic E-state index is 0.0753. The number of hydrogen-bond acceptors (Lipinski definition) is 2. The molecule has 19 heavy (non-hydrogen) atoms. The summed E-state index contributed by atoms with van der Waals surface area (Å²) in [4.78, 5) is 11.5. The Morgan fingerprint density at radius 2 is 2.16 bits per heavy atom. The minimum atomic E-state index is -0.0753. The van der Waals surface area contributed by atoms with Gasteiger partial charge in [-0.2, -0.15) is 5.10 Å². The van der Waals surface area contributed by atoms with Crippen molar-refractivity contribution in [2.45, 2.75) is 47.1 Å². The fraction of sp³-hybridized carbons (Fsp3) is 0.714. The Morgan fingerprint density at radius 3 is 2.74 bits per heavy atom. The van der Waals surface area contributed by atoms with Gasteiger partial charge in [0.2, 0.25) is 0 Å². The van der Waals surface area contributed by atoms with Crippen LogP contribution in [0.5, 0.6) is 0 Å². The maximum atomic E-state index is 11.5. The molecule has 2 amide bonds. The normalized spacial score (nSPS) is 12.2. The van der Waals surface area contributed by atoms with Gasteiger partial charge in [0.05, 0.1) is 5.69 Å². The molecule has 0 radical (unpaired) electrons. The summed E-state index contributed by atoms with van der Waals surface area (Å²) in [5, 5.41) is 10.2. The molecule has 1 unspecified atom stereocenters. The first-order chi connectivity index (χ1) is 9.02. The molecule has 0 saturated heterocycles. The number of unbranched alkanes of at least 4 members (excludes halogenated alkanes) is 1. The van der Waals surface area contributed by atoms with Crippen LogP contribution in [0.4, 0.5) is 4.79 Å². The highest BCUT2D eigenvalue weighted by Crippen LogP contribution is 2.05. The monoisotopic (exact) mass is 266 g/mol. The Balaban J connectivity index is 2.26. The average molecular weight is 266 g/mol. The number of rotatable bonds is 7. The summed E-state index contributed by atoms with van der Waals surface area (Å²) < 4.78 is 2.00. The van der Waals surface area contributed by atoms with Gasteiger partial charge >= 0.3 is 6.03 Å². The number of amides is 2. The Morgan fingerprint density at radius 1 is 1.42 bits per heavy atom. The summed E-state index contributed by atoms with van der Waals surface area (Å²) in [5.41, 5.74) is 2.20. The third kappa shape index (κ3) is 5.77. The fourth-order valence-electron chi connectivity index (χ4n) is 1.93. The molecule has 1 aromatic heterocycles. The number of nitrogens with zero attached hydrogens (tertiary/aromatic N) is 2. The van der Waals surface area contributed by atoms with Crippen molar-refractivity contribution in [3.05, 3.63) is 17.5 Å². The van der Waals surface area contributed by atoms with Gasteiger partial charge in [-0.1, -0.05) is 20.3 Å². The topological polar surface area (TPSA) is 59.0 Å². The molecule has 0 bridgehead atoms. The molecule has 2 N–H and O–H groups in total. The molecule has 1 atom stereocenters. The van der Waals surface area contributed by atoms with Crippen LogP contribution in [-0.4, -0.2) is 28.9 Å². The Kier molecular flexibility index (Phi) is 6.39. The minimum Gasteiger partial charge on any atom is -0.338 e. The van der Waals surface area contributed by atoms with Crippen LogP contribution in [0.15, 0.2) is 6.07 Å². The van der Waals surface area contributed by atoms with Gasteiger partial charge in [-0.25, -0.2) is 4.79 Å². The molecule has 5 heteroatoms. The van der Waals surface area contributed by atoms with Gasteiger partial charge in [-0.05, 0) is 32.3 Å². The summed E-state index contributed by atoms with van der Waals surface area (Å²) in [6.45, 7) is 10.5. The number of carbonyl (C=O) groups excluding carboxylic acids is 1. The molecule has 0 aliphatic carbocycles. The van der Waals surface area contributed by atoms with E-state index in [2.05, 4.69) is 42.6 Å². The summed E-state index contributed by atoms with van der Waals surface area (Å²) in [6, 6.07) is 1.99. The number of aryl methyl sites for hydroxylation is 2. The third-order valence-electron chi connectivity index (χ3n) is 3.01. The SMILES string of the molecule is CCCCNC(=O)NCC(C)Cn1nc(C)cc1C. The smallest absolute Gasteiger partial charge is 0.314 e. The van der Waals surface area contributed by atoms with Gasteiger partial charge in [0, 0.05) is 25.3 Å². The zero-order valence-corrected chi connectivity index (χ0v) is 12.5. The molecule has 1 aromatic rings. The number of nitrogens with one attached hydrogen (secondary N) is 2. The van der Waals surface area contributed by atoms with E-state index in [-0.39, 0.29) is 6.03 Å². The van der Waals surface area contributed by atoms with Gasteiger partial charge in [-0.3, -0.25) is 4.68 Å².